The van der Waals surface area contributed by atoms with E-state index in [-0.39, 0.29) is 18.5 Å². The lowest BCUT2D eigenvalue weighted by Crippen LogP contribution is -2.41. The molecule has 0 bridgehead atoms. The molecule has 0 heterocycles. The van der Waals surface area contributed by atoms with Crippen molar-refractivity contribution in [3.8, 4) is 0 Å². The molecule has 0 aliphatic heterocycles. The third-order valence-corrected chi connectivity index (χ3v) is 4.43. The number of nitrogens with zero attached hydrogens (tertiary/aromatic N) is 1. The topological polar surface area (TPSA) is 66.5 Å². The van der Waals surface area contributed by atoms with Gasteiger partial charge in [-0.05, 0) is 37.8 Å². The van der Waals surface area contributed by atoms with Crippen molar-refractivity contribution in [2.75, 3.05) is 17.1 Å². The molecule has 1 fully saturated rings. The van der Waals surface area contributed by atoms with E-state index in [1.807, 2.05) is 32.0 Å². The van der Waals surface area contributed by atoms with Gasteiger partial charge < -0.3 is 5.32 Å². The minimum atomic E-state index is -3.50. The molecule has 1 aromatic carbocycles. The monoisotopic (exact) mass is 296 g/mol. The maximum Gasteiger partial charge on any atom is 0.240 e. The molecule has 1 amide bonds. The van der Waals surface area contributed by atoms with Crippen molar-refractivity contribution in [1.82, 2.24) is 5.32 Å². The molecule has 2 rings (SSSR count). The molecule has 0 saturated heterocycles. The Bertz CT molecular complexity index is 601. The summed E-state index contributed by atoms with van der Waals surface area (Å²) in [5.41, 5.74) is 2.28. The quantitative estimate of drug-likeness (QED) is 0.892. The number of hydrogen-bond acceptors (Lipinski definition) is 3. The Hall–Kier alpha value is -1.56. The van der Waals surface area contributed by atoms with Crippen LogP contribution in [-0.4, -0.2) is 33.2 Å². The fourth-order valence-electron chi connectivity index (χ4n) is 2.19. The molecule has 6 heteroatoms. The minimum Gasteiger partial charge on any atom is -0.352 e. The molecule has 0 spiro atoms. The van der Waals surface area contributed by atoms with Gasteiger partial charge in [-0.15, -0.1) is 0 Å². The summed E-state index contributed by atoms with van der Waals surface area (Å²) >= 11 is 0. The first-order valence-electron chi connectivity index (χ1n) is 6.62. The van der Waals surface area contributed by atoms with Crippen molar-refractivity contribution < 1.29 is 13.2 Å². The van der Waals surface area contributed by atoms with Crippen LogP contribution in [-0.2, 0) is 14.8 Å². The van der Waals surface area contributed by atoms with Gasteiger partial charge in [0, 0.05) is 6.04 Å². The SMILES string of the molecule is Cc1cccc(C)c1N(CC(=O)NC1CC1)S(C)(=O)=O. The second kappa shape index (κ2) is 5.44. The molecule has 1 saturated carbocycles. The number of aryl methyl sites for hydroxylation is 2. The van der Waals surface area contributed by atoms with Crippen molar-refractivity contribution in [3.05, 3.63) is 29.3 Å². The molecule has 0 aromatic heterocycles. The van der Waals surface area contributed by atoms with Gasteiger partial charge in [0.05, 0.1) is 11.9 Å². The molecule has 0 radical (unpaired) electrons. The van der Waals surface area contributed by atoms with Crippen molar-refractivity contribution >= 4 is 21.6 Å². The van der Waals surface area contributed by atoms with Gasteiger partial charge in [-0.3, -0.25) is 9.10 Å². The molecular weight excluding hydrogens is 276 g/mol. The van der Waals surface area contributed by atoms with Gasteiger partial charge in [0.1, 0.15) is 6.54 Å². The summed E-state index contributed by atoms with van der Waals surface area (Å²) in [6.07, 6.45) is 3.09. The number of hydrogen-bond donors (Lipinski definition) is 1. The lowest BCUT2D eigenvalue weighted by molar-refractivity contribution is -0.119. The molecule has 20 heavy (non-hydrogen) atoms. The molecule has 1 aliphatic carbocycles. The molecule has 1 N–H and O–H groups in total. The van der Waals surface area contributed by atoms with E-state index in [2.05, 4.69) is 5.32 Å². The Morgan fingerprint density at radius 1 is 1.30 bits per heavy atom. The van der Waals surface area contributed by atoms with E-state index in [9.17, 15) is 13.2 Å². The molecule has 1 aromatic rings. The van der Waals surface area contributed by atoms with E-state index in [4.69, 9.17) is 0 Å². The summed E-state index contributed by atoms with van der Waals surface area (Å²) in [5, 5.41) is 2.82. The maximum atomic E-state index is 12.0. The van der Waals surface area contributed by atoms with Gasteiger partial charge in [0.25, 0.3) is 0 Å². The van der Waals surface area contributed by atoms with Crippen molar-refractivity contribution in [3.63, 3.8) is 0 Å². The third kappa shape index (κ3) is 3.50. The first-order chi connectivity index (χ1) is 9.29. The molecule has 110 valence electrons. The zero-order chi connectivity index (χ0) is 14.9. The van der Waals surface area contributed by atoms with Crippen LogP contribution in [0.4, 0.5) is 5.69 Å². The fourth-order valence-corrected chi connectivity index (χ4v) is 3.16. The average molecular weight is 296 g/mol. The lowest BCUT2D eigenvalue weighted by atomic mass is 10.1. The summed E-state index contributed by atoms with van der Waals surface area (Å²) in [6.45, 7) is 3.53. The molecule has 0 unspecified atom stereocenters. The summed E-state index contributed by atoms with van der Waals surface area (Å²) < 4.78 is 25.2. The number of rotatable bonds is 5. The Balaban J connectivity index is 2.30. The zero-order valence-corrected chi connectivity index (χ0v) is 12.8. The van der Waals surface area contributed by atoms with Gasteiger partial charge in [-0.2, -0.15) is 0 Å². The van der Waals surface area contributed by atoms with Crippen LogP contribution < -0.4 is 9.62 Å². The van der Waals surface area contributed by atoms with Crippen LogP contribution in [0, 0.1) is 13.8 Å². The van der Waals surface area contributed by atoms with Crippen LogP contribution in [0.1, 0.15) is 24.0 Å². The van der Waals surface area contributed by atoms with Crippen molar-refractivity contribution in [2.24, 2.45) is 0 Å². The number of sulfonamides is 1. The van der Waals surface area contributed by atoms with Crippen LogP contribution in [0.5, 0.6) is 0 Å². The van der Waals surface area contributed by atoms with Crippen molar-refractivity contribution in [1.29, 1.82) is 0 Å². The second-order valence-electron chi connectivity index (χ2n) is 5.35. The van der Waals surface area contributed by atoms with E-state index < -0.39 is 10.0 Å². The molecule has 5 nitrogen and oxygen atoms in total. The fraction of sp³-hybridized carbons (Fsp3) is 0.500. The van der Waals surface area contributed by atoms with E-state index in [0.717, 1.165) is 30.2 Å². The highest BCUT2D eigenvalue weighted by molar-refractivity contribution is 7.92. The van der Waals surface area contributed by atoms with E-state index >= 15 is 0 Å². The molecule has 1 aliphatic rings. The van der Waals surface area contributed by atoms with Gasteiger partial charge in [-0.1, -0.05) is 18.2 Å². The van der Waals surface area contributed by atoms with Crippen LogP contribution in [0.3, 0.4) is 0 Å². The standard InChI is InChI=1S/C14H20N2O3S/c1-10-5-4-6-11(2)14(10)16(20(3,18)19)9-13(17)15-12-7-8-12/h4-6,12H,7-9H2,1-3H3,(H,15,17). The molecule has 0 atom stereocenters. The number of anilines is 1. The highest BCUT2D eigenvalue weighted by Crippen LogP contribution is 2.26. The summed E-state index contributed by atoms with van der Waals surface area (Å²) in [4.78, 5) is 11.9. The Morgan fingerprint density at radius 2 is 1.85 bits per heavy atom. The second-order valence-corrected chi connectivity index (χ2v) is 7.26. The number of para-hydroxylation sites is 1. The lowest BCUT2D eigenvalue weighted by Gasteiger charge is -2.25. The van der Waals surface area contributed by atoms with Crippen LogP contribution >= 0.6 is 0 Å². The van der Waals surface area contributed by atoms with Gasteiger partial charge in [0.15, 0.2) is 0 Å². The number of benzene rings is 1. The normalized spacial score (nSPS) is 14.9. The van der Waals surface area contributed by atoms with Gasteiger partial charge in [0.2, 0.25) is 15.9 Å². The Labute approximate surface area is 120 Å². The number of nitrogens with one attached hydrogen (secondary N) is 1. The van der Waals surface area contributed by atoms with Crippen molar-refractivity contribution in [2.45, 2.75) is 32.7 Å². The number of amides is 1. The van der Waals surface area contributed by atoms with Crippen LogP contribution in [0.25, 0.3) is 0 Å². The average Bonchev–Trinajstić information content (AvgIpc) is 3.10. The third-order valence-electron chi connectivity index (χ3n) is 3.32. The first-order valence-corrected chi connectivity index (χ1v) is 8.47. The predicted molar refractivity (Wildman–Crippen MR) is 79.3 cm³/mol. The number of carbonyl (C=O) groups is 1. The van der Waals surface area contributed by atoms with Gasteiger partial charge in [-0.25, -0.2) is 8.42 Å². The van der Waals surface area contributed by atoms with E-state index in [1.54, 1.807) is 0 Å². The Kier molecular flexibility index (Phi) is 4.04. The largest absolute Gasteiger partial charge is 0.352 e. The first kappa shape index (κ1) is 14.8. The van der Waals surface area contributed by atoms with Crippen LogP contribution in [0.15, 0.2) is 18.2 Å². The summed E-state index contributed by atoms with van der Waals surface area (Å²) in [7, 11) is -3.50. The summed E-state index contributed by atoms with van der Waals surface area (Å²) in [6, 6.07) is 5.79. The summed E-state index contributed by atoms with van der Waals surface area (Å²) in [5.74, 6) is -0.249. The minimum absolute atomic E-state index is 0.166. The smallest absolute Gasteiger partial charge is 0.240 e. The van der Waals surface area contributed by atoms with E-state index in [1.165, 1.54) is 4.31 Å². The zero-order valence-electron chi connectivity index (χ0n) is 12.0. The highest BCUT2D eigenvalue weighted by atomic mass is 32.2. The van der Waals surface area contributed by atoms with E-state index in [0.29, 0.717) is 5.69 Å². The van der Waals surface area contributed by atoms with Crippen LogP contribution in [0.2, 0.25) is 0 Å². The Morgan fingerprint density at radius 3 is 2.30 bits per heavy atom. The predicted octanol–water partition coefficient (Wildman–Crippen LogP) is 1.35. The maximum absolute atomic E-state index is 12.0. The molecular formula is C14H20N2O3S. The highest BCUT2D eigenvalue weighted by Gasteiger charge is 2.27. The number of carbonyl (C=O) groups excluding carboxylic acids is 1. The van der Waals surface area contributed by atoms with Gasteiger partial charge >= 0.3 is 0 Å².